The Morgan fingerprint density at radius 2 is 1.96 bits per heavy atom. The van der Waals surface area contributed by atoms with E-state index in [1.165, 1.54) is 6.26 Å². The quantitative estimate of drug-likeness (QED) is 0.841. The summed E-state index contributed by atoms with van der Waals surface area (Å²) in [7, 11) is 3.16. The van der Waals surface area contributed by atoms with Crippen molar-refractivity contribution < 1.29 is 23.5 Å². The average Bonchev–Trinajstić information content (AvgIpc) is 3.23. The van der Waals surface area contributed by atoms with Gasteiger partial charge in [-0.2, -0.15) is 0 Å². The molecule has 2 heterocycles. The number of piperidine rings is 1. The van der Waals surface area contributed by atoms with Crippen molar-refractivity contribution in [1.29, 1.82) is 0 Å². The van der Waals surface area contributed by atoms with Gasteiger partial charge >= 0.3 is 0 Å². The minimum atomic E-state index is -0.104. The first kappa shape index (κ1) is 18.8. The third-order valence-corrected chi connectivity index (χ3v) is 4.72. The number of methoxy groups -OCH3 is 2. The minimum absolute atomic E-state index is 0.0578. The molecule has 1 fully saturated rings. The number of benzene rings is 1. The average molecular weight is 372 g/mol. The molecule has 0 bridgehead atoms. The normalized spacial score (nSPS) is 14.7. The second kappa shape index (κ2) is 8.62. The first-order valence-electron chi connectivity index (χ1n) is 8.93. The van der Waals surface area contributed by atoms with E-state index in [1.807, 2.05) is 12.1 Å². The van der Waals surface area contributed by atoms with E-state index in [1.54, 1.807) is 37.3 Å². The maximum atomic E-state index is 12.4. The van der Waals surface area contributed by atoms with Crippen LogP contribution in [0, 0.1) is 0 Å². The number of hydrogen-bond acceptors (Lipinski definition) is 5. The highest BCUT2D eigenvalue weighted by Gasteiger charge is 2.26. The third kappa shape index (κ3) is 4.61. The van der Waals surface area contributed by atoms with E-state index in [0.29, 0.717) is 30.3 Å². The fourth-order valence-electron chi connectivity index (χ4n) is 3.23. The van der Waals surface area contributed by atoms with Crippen molar-refractivity contribution in [2.24, 2.45) is 0 Å². The van der Waals surface area contributed by atoms with Gasteiger partial charge in [-0.1, -0.05) is 6.07 Å². The molecule has 1 saturated heterocycles. The number of furan rings is 1. The molecule has 1 aromatic carbocycles. The number of nitrogens with zero attached hydrogens (tertiary/aromatic N) is 1. The van der Waals surface area contributed by atoms with Crippen molar-refractivity contribution in [2.75, 3.05) is 27.3 Å². The van der Waals surface area contributed by atoms with Gasteiger partial charge in [-0.25, -0.2) is 0 Å². The van der Waals surface area contributed by atoms with Crippen LogP contribution >= 0.6 is 0 Å². The predicted molar refractivity (Wildman–Crippen MR) is 99.0 cm³/mol. The van der Waals surface area contributed by atoms with Crippen molar-refractivity contribution in [1.82, 2.24) is 10.2 Å². The van der Waals surface area contributed by atoms with E-state index in [-0.39, 0.29) is 24.3 Å². The first-order chi connectivity index (χ1) is 13.1. The maximum Gasteiger partial charge on any atom is 0.289 e. The number of carbonyl (C=O) groups is 2. The van der Waals surface area contributed by atoms with E-state index >= 15 is 0 Å². The Labute approximate surface area is 158 Å². The minimum Gasteiger partial charge on any atom is -0.497 e. The number of carbonyl (C=O) groups excluding carboxylic acids is 2. The summed E-state index contributed by atoms with van der Waals surface area (Å²) in [5.74, 6) is 1.50. The summed E-state index contributed by atoms with van der Waals surface area (Å²) < 4.78 is 15.7. The van der Waals surface area contributed by atoms with Gasteiger partial charge < -0.3 is 24.1 Å². The molecular formula is C20H24N2O5. The van der Waals surface area contributed by atoms with Crippen LogP contribution in [0.25, 0.3) is 0 Å². The molecule has 0 aliphatic carbocycles. The Balaban J connectivity index is 1.50. The zero-order valence-corrected chi connectivity index (χ0v) is 15.6. The SMILES string of the molecule is COc1ccc(CC(=O)NC2CCN(C(=O)c3ccco3)CC2)c(OC)c1. The second-order valence-corrected chi connectivity index (χ2v) is 6.47. The molecule has 1 aromatic heterocycles. The standard InChI is InChI=1S/C20H24N2O5/c1-25-16-6-5-14(18(13-16)26-2)12-19(23)21-15-7-9-22(10-8-15)20(24)17-4-3-11-27-17/h3-6,11,13,15H,7-10,12H2,1-2H3,(H,21,23). The highest BCUT2D eigenvalue weighted by molar-refractivity contribution is 5.91. The van der Waals surface area contributed by atoms with Crippen molar-refractivity contribution in [2.45, 2.75) is 25.3 Å². The summed E-state index contributed by atoms with van der Waals surface area (Å²) in [6, 6.07) is 8.83. The monoisotopic (exact) mass is 372 g/mol. The molecule has 27 heavy (non-hydrogen) atoms. The Hall–Kier alpha value is -2.96. The van der Waals surface area contributed by atoms with Gasteiger partial charge in [-0.3, -0.25) is 9.59 Å². The molecule has 7 nitrogen and oxygen atoms in total. The Bertz CT molecular complexity index is 780. The summed E-state index contributed by atoms with van der Waals surface area (Å²) >= 11 is 0. The lowest BCUT2D eigenvalue weighted by Crippen LogP contribution is -2.46. The van der Waals surface area contributed by atoms with E-state index in [4.69, 9.17) is 13.9 Å². The number of ether oxygens (including phenoxy) is 2. The van der Waals surface area contributed by atoms with Crippen molar-refractivity contribution in [3.8, 4) is 11.5 Å². The number of rotatable bonds is 6. The van der Waals surface area contributed by atoms with Gasteiger partial charge in [0.2, 0.25) is 5.91 Å². The van der Waals surface area contributed by atoms with Crippen LogP contribution in [0.4, 0.5) is 0 Å². The molecule has 144 valence electrons. The van der Waals surface area contributed by atoms with Crippen molar-refractivity contribution in [3.63, 3.8) is 0 Å². The van der Waals surface area contributed by atoms with E-state index in [9.17, 15) is 9.59 Å². The molecule has 0 spiro atoms. The first-order valence-corrected chi connectivity index (χ1v) is 8.93. The molecule has 7 heteroatoms. The lowest BCUT2D eigenvalue weighted by molar-refractivity contribution is -0.121. The van der Waals surface area contributed by atoms with Crippen LogP contribution in [0.15, 0.2) is 41.0 Å². The fraction of sp³-hybridized carbons (Fsp3) is 0.400. The number of likely N-dealkylation sites (tertiary alicyclic amines) is 1. The van der Waals surface area contributed by atoms with Gasteiger partial charge in [0.05, 0.1) is 26.9 Å². The number of nitrogens with one attached hydrogen (secondary N) is 1. The summed E-state index contributed by atoms with van der Waals surface area (Å²) in [6.07, 6.45) is 3.17. The summed E-state index contributed by atoms with van der Waals surface area (Å²) in [6.45, 7) is 1.19. The van der Waals surface area contributed by atoms with Crippen LogP contribution in [0.1, 0.15) is 29.0 Å². The molecule has 0 radical (unpaired) electrons. The van der Waals surface area contributed by atoms with Crippen LogP contribution in [0.5, 0.6) is 11.5 Å². The van der Waals surface area contributed by atoms with E-state index in [0.717, 1.165) is 18.4 Å². The molecule has 0 unspecified atom stereocenters. The van der Waals surface area contributed by atoms with Crippen LogP contribution in [0.3, 0.4) is 0 Å². The van der Waals surface area contributed by atoms with Gasteiger partial charge in [-0.05, 0) is 31.0 Å². The Morgan fingerprint density at radius 3 is 2.59 bits per heavy atom. The molecular weight excluding hydrogens is 348 g/mol. The van der Waals surface area contributed by atoms with Crippen LogP contribution in [0.2, 0.25) is 0 Å². The van der Waals surface area contributed by atoms with Gasteiger partial charge in [0.25, 0.3) is 5.91 Å². The lowest BCUT2D eigenvalue weighted by atomic mass is 10.0. The summed E-state index contributed by atoms with van der Waals surface area (Å²) in [5.41, 5.74) is 0.807. The van der Waals surface area contributed by atoms with Gasteiger partial charge in [0, 0.05) is 30.8 Å². The molecule has 2 amide bonds. The predicted octanol–water partition coefficient (Wildman–Crippen LogP) is 2.26. The van der Waals surface area contributed by atoms with E-state index < -0.39 is 0 Å². The molecule has 0 atom stereocenters. The summed E-state index contributed by atoms with van der Waals surface area (Å²) in [5, 5.41) is 3.05. The largest absolute Gasteiger partial charge is 0.497 e. The van der Waals surface area contributed by atoms with E-state index in [2.05, 4.69) is 5.32 Å². The Morgan fingerprint density at radius 1 is 1.19 bits per heavy atom. The van der Waals surface area contributed by atoms with Crippen LogP contribution in [-0.4, -0.2) is 50.1 Å². The number of hydrogen-bond donors (Lipinski definition) is 1. The summed E-state index contributed by atoms with van der Waals surface area (Å²) in [4.78, 5) is 26.4. The third-order valence-electron chi connectivity index (χ3n) is 4.72. The molecule has 2 aromatic rings. The Kier molecular flexibility index (Phi) is 6.01. The lowest BCUT2D eigenvalue weighted by Gasteiger charge is -2.32. The molecule has 1 aliphatic rings. The van der Waals surface area contributed by atoms with Gasteiger partial charge in [-0.15, -0.1) is 0 Å². The zero-order valence-electron chi connectivity index (χ0n) is 15.6. The fourth-order valence-corrected chi connectivity index (χ4v) is 3.23. The highest BCUT2D eigenvalue weighted by atomic mass is 16.5. The topological polar surface area (TPSA) is 81.0 Å². The highest BCUT2D eigenvalue weighted by Crippen LogP contribution is 2.25. The molecule has 1 aliphatic heterocycles. The van der Waals surface area contributed by atoms with Gasteiger partial charge in [0.15, 0.2) is 5.76 Å². The van der Waals surface area contributed by atoms with Crippen LogP contribution in [-0.2, 0) is 11.2 Å². The number of amides is 2. The second-order valence-electron chi connectivity index (χ2n) is 6.47. The maximum absolute atomic E-state index is 12.4. The van der Waals surface area contributed by atoms with Crippen molar-refractivity contribution in [3.05, 3.63) is 47.9 Å². The van der Waals surface area contributed by atoms with Crippen molar-refractivity contribution >= 4 is 11.8 Å². The smallest absolute Gasteiger partial charge is 0.289 e. The van der Waals surface area contributed by atoms with Gasteiger partial charge in [0.1, 0.15) is 11.5 Å². The zero-order chi connectivity index (χ0) is 19.2. The molecule has 3 rings (SSSR count). The molecule has 0 saturated carbocycles. The van der Waals surface area contributed by atoms with Crippen LogP contribution < -0.4 is 14.8 Å². The molecule has 1 N–H and O–H groups in total.